The quantitative estimate of drug-likeness (QED) is 0.385. The first-order valence-electron chi connectivity index (χ1n) is 10.5. The molecule has 1 aliphatic heterocycles. The smallest absolute Gasteiger partial charge is 0.203 e. The molecule has 0 spiro atoms. The Bertz CT molecular complexity index is 1260. The minimum atomic E-state index is -3.58. The fourth-order valence-electron chi connectivity index (χ4n) is 4.01. The second-order valence-electron chi connectivity index (χ2n) is 7.71. The van der Waals surface area contributed by atoms with Crippen molar-refractivity contribution in [3.63, 3.8) is 0 Å². The van der Waals surface area contributed by atoms with Crippen molar-refractivity contribution in [3.05, 3.63) is 45.8 Å². The van der Waals surface area contributed by atoms with Gasteiger partial charge in [-0.15, -0.1) is 11.3 Å². The molecule has 1 aliphatic rings. The number of benzene rings is 2. The Labute approximate surface area is 213 Å². The van der Waals surface area contributed by atoms with Gasteiger partial charge in [0.15, 0.2) is 26.5 Å². The van der Waals surface area contributed by atoms with E-state index in [1.165, 1.54) is 17.4 Å². The molecule has 0 N–H and O–H groups in total. The molecule has 3 aromatic rings. The number of ether oxygens (including phenoxy) is 3. The van der Waals surface area contributed by atoms with E-state index in [-0.39, 0.29) is 14.9 Å². The summed E-state index contributed by atoms with van der Waals surface area (Å²) < 4.78 is 42.6. The normalized spacial score (nSPS) is 14.8. The standard InChI is InChI=1S/C23H24Cl2N2O5S2/c1-30-18-11-14(12-19(31-2)22(18)32-3)17-13-33-23(26-17)27-9-7-15(8-10-27)34(28,29)20-6-4-5-16(24)21(20)25/h4-6,11-13,15H,7-10H2,1-3H3. The highest BCUT2D eigenvalue weighted by atomic mass is 35.5. The van der Waals surface area contributed by atoms with Gasteiger partial charge in [-0.3, -0.25) is 0 Å². The Kier molecular flexibility index (Phi) is 7.47. The van der Waals surface area contributed by atoms with Crippen molar-refractivity contribution in [1.29, 1.82) is 0 Å². The zero-order chi connectivity index (χ0) is 24.5. The summed E-state index contributed by atoms with van der Waals surface area (Å²) in [6, 6.07) is 8.41. The number of anilines is 1. The number of methoxy groups -OCH3 is 3. The van der Waals surface area contributed by atoms with E-state index >= 15 is 0 Å². The van der Waals surface area contributed by atoms with Gasteiger partial charge in [0.2, 0.25) is 5.75 Å². The summed E-state index contributed by atoms with van der Waals surface area (Å²) in [4.78, 5) is 6.99. The topological polar surface area (TPSA) is 78.0 Å². The fraction of sp³-hybridized carbons (Fsp3) is 0.348. The van der Waals surface area contributed by atoms with E-state index in [2.05, 4.69) is 4.90 Å². The summed E-state index contributed by atoms with van der Waals surface area (Å²) in [5.74, 6) is 1.63. The average molecular weight is 543 g/mol. The summed E-state index contributed by atoms with van der Waals surface area (Å²) in [6.45, 7) is 1.15. The third-order valence-electron chi connectivity index (χ3n) is 5.83. The van der Waals surface area contributed by atoms with Gasteiger partial charge in [0.25, 0.3) is 0 Å². The van der Waals surface area contributed by atoms with E-state index in [0.717, 1.165) is 16.4 Å². The predicted octanol–water partition coefficient (Wildman–Crippen LogP) is 5.59. The van der Waals surface area contributed by atoms with Gasteiger partial charge in [0.1, 0.15) is 0 Å². The minimum Gasteiger partial charge on any atom is -0.493 e. The van der Waals surface area contributed by atoms with Crippen molar-refractivity contribution in [1.82, 2.24) is 4.98 Å². The second-order valence-corrected chi connectivity index (χ2v) is 11.5. The predicted molar refractivity (Wildman–Crippen MR) is 136 cm³/mol. The molecule has 1 saturated heterocycles. The monoisotopic (exact) mass is 542 g/mol. The number of sulfone groups is 1. The molecule has 0 unspecified atom stereocenters. The van der Waals surface area contributed by atoms with Crippen LogP contribution in [0.4, 0.5) is 5.13 Å². The molecule has 0 aliphatic carbocycles. The lowest BCUT2D eigenvalue weighted by atomic mass is 10.1. The zero-order valence-corrected chi connectivity index (χ0v) is 22.0. The molecule has 11 heteroatoms. The highest BCUT2D eigenvalue weighted by Gasteiger charge is 2.34. The number of nitrogens with zero attached hydrogens (tertiary/aromatic N) is 2. The molecule has 34 heavy (non-hydrogen) atoms. The van der Waals surface area contributed by atoms with Crippen LogP contribution in [0.25, 0.3) is 11.3 Å². The van der Waals surface area contributed by atoms with Gasteiger partial charge in [-0.2, -0.15) is 0 Å². The lowest BCUT2D eigenvalue weighted by molar-refractivity contribution is 0.324. The second kappa shape index (κ2) is 10.2. The molecule has 0 bridgehead atoms. The van der Waals surface area contributed by atoms with Crippen LogP contribution >= 0.6 is 34.5 Å². The van der Waals surface area contributed by atoms with E-state index < -0.39 is 15.1 Å². The molecule has 0 saturated carbocycles. The Balaban J connectivity index is 1.51. The van der Waals surface area contributed by atoms with Crippen LogP contribution in [0.2, 0.25) is 10.0 Å². The molecular formula is C23H24Cl2N2O5S2. The van der Waals surface area contributed by atoms with Crippen LogP contribution < -0.4 is 19.1 Å². The van der Waals surface area contributed by atoms with Gasteiger partial charge in [-0.1, -0.05) is 29.3 Å². The summed E-state index contributed by atoms with van der Waals surface area (Å²) >= 11 is 13.7. The van der Waals surface area contributed by atoms with Crippen molar-refractivity contribution < 1.29 is 22.6 Å². The van der Waals surface area contributed by atoms with Gasteiger partial charge >= 0.3 is 0 Å². The Morgan fingerprint density at radius 1 is 1.03 bits per heavy atom. The van der Waals surface area contributed by atoms with Gasteiger partial charge in [0.05, 0.1) is 47.2 Å². The molecule has 1 fully saturated rings. The number of piperidine rings is 1. The van der Waals surface area contributed by atoms with Crippen LogP contribution in [0, 0.1) is 0 Å². The Morgan fingerprint density at radius 2 is 1.68 bits per heavy atom. The first-order chi connectivity index (χ1) is 16.3. The van der Waals surface area contributed by atoms with Crippen molar-refractivity contribution >= 4 is 49.5 Å². The van der Waals surface area contributed by atoms with E-state index in [9.17, 15) is 8.42 Å². The Hall–Kier alpha value is -2.20. The molecule has 4 rings (SSSR count). The van der Waals surface area contributed by atoms with Crippen molar-refractivity contribution in [2.45, 2.75) is 23.0 Å². The summed E-state index contributed by atoms with van der Waals surface area (Å²) in [5, 5.41) is 2.60. The van der Waals surface area contributed by atoms with Crippen molar-refractivity contribution in [3.8, 4) is 28.5 Å². The third kappa shape index (κ3) is 4.66. The molecule has 1 aromatic heterocycles. The molecule has 0 atom stereocenters. The van der Waals surface area contributed by atoms with Crippen LogP contribution in [-0.2, 0) is 9.84 Å². The molecule has 182 valence electrons. The van der Waals surface area contributed by atoms with Gasteiger partial charge < -0.3 is 19.1 Å². The Morgan fingerprint density at radius 3 is 2.26 bits per heavy atom. The molecule has 2 heterocycles. The van der Waals surface area contributed by atoms with Gasteiger partial charge in [-0.25, -0.2) is 13.4 Å². The first-order valence-corrected chi connectivity index (χ1v) is 13.7. The minimum absolute atomic E-state index is 0.0847. The molecule has 2 aromatic carbocycles. The highest BCUT2D eigenvalue weighted by Crippen LogP contribution is 2.42. The van der Waals surface area contributed by atoms with Crippen LogP contribution in [0.15, 0.2) is 40.6 Å². The number of hydrogen-bond acceptors (Lipinski definition) is 8. The van der Waals surface area contributed by atoms with Crippen LogP contribution in [0.1, 0.15) is 12.8 Å². The van der Waals surface area contributed by atoms with Crippen molar-refractivity contribution in [2.75, 3.05) is 39.3 Å². The van der Waals surface area contributed by atoms with Crippen LogP contribution in [0.5, 0.6) is 17.2 Å². The largest absolute Gasteiger partial charge is 0.493 e. The van der Waals surface area contributed by atoms with E-state index in [4.69, 9.17) is 42.4 Å². The third-order valence-corrected chi connectivity index (χ3v) is 9.96. The van der Waals surface area contributed by atoms with Gasteiger partial charge in [0, 0.05) is 24.0 Å². The summed E-state index contributed by atoms with van der Waals surface area (Å²) in [7, 11) is 1.12. The molecular weight excluding hydrogens is 519 g/mol. The van der Waals surface area contributed by atoms with Crippen LogP contribution in [0.3, 0.4) is 0 Å². The van der Waals surface area contributed by atoms with Gasteiger partial charge in [-0.05, 0) is 37.1 Å². The highest BCUT2D eigenvalue weighted by molar-refractivity contribution is 7.92. The number of hydrogen-bond donors (Lipinski definition) is 0. The maximum Gasteiger partial charge on any atom is 0.203 e. The van der Waals surface area contributed by atoms with E-state index in [0.29, 0.717) is 43.2 Å². The maximum atomic E-state index is 13.2. The zero-order valence-electron chi connectivity index (χ0n) is 18.9. The SMILES string of the molecule is COc1cc(-c2csc(N3CCC(S(=O)(=O)c4cccc(Cl)c4Cl)CC3)n2)cc(OC)c1OC. The molecule has 0 amide bonds. The van der Waals surface area contributed by atoms with Crippen molar-refractivity contribution in [2.24, 2.45) is 0 Å². The fourth-order valence-corrected chi connectivity index (χ4v) is 7.40. The number of halogens is 2. The van der Waals surface area contributed by atoms with E-state index in [1.54, 1.807) is 33.5 Å². The lowest BCUT2D eigenvalue weighted by Gasteiger charge is -2.31. The number of thiazole rings is 1. The van der Waals surface area contributed by atoms with Crippen LogP contribution in [-0.4, -0.2) is 53.1 Å². The molecule has 7 nitrogen and oxygen atoms in total. The average Bonchev–Trinajstić information content (AvgIpc) is 3.35. The number of rotatable bonds is 7. The van der Waals surface area contributed by atoms with E-state index in [1.807, 2.05) is 17.5 Å². The lowest BCUT2D eigenvalue weighted by Crippen LogP contribution is -2.39. The summed E-state index contributed by atoms with van der Waals surface area (Å²) in [5.41, 5.74) is 1.62. The summed E-state index contributed by atoms with van der Waals surface area (Å²) in [6.07, 6.45) is 0.953. The number of aromatic nitrogens is 1. The first kappa shape index (κ1) is 24.9. The molecule has 0 radical (unpaired) electrons. The maximum absolute atomic E-state index is 13.2.